The predicted molar refractivity (Wildman–Crippen MR) is 187 cm³/mol. The number of fused-ring (bicyclic) bond motifs is 2. The first-order chi connectivity index (χ1) is 23.1. The molecule has 1 aliphatic carbocycles. The topological polar surface area (TPSA) is 114 Å². The number of nitrogens with one attached hydrogen (secondary N) is 2. The Morgan fingerprint density at radius 2 is 1.75 bits per heavy atom. The molecule has 10 nitrogen and oxygen atoms in total. The number of benzene rings is 2. The summed E-state index contributed by atoms with van der Waals surface area (Å²) in [5.41, 5.74) is 6.27. The van der Waals surface area contributed by atoms with Crippen LogP contribution in [0, 0.1) is 6.92 Å². The van der Waals surface area contributed by atoms with Crippen molar-refractivity contribution in [2.75, 3.05) is 25.5 Å². The largest absolute Gasteiger partial charge is 0.481 e. The molecule has 3 aliphatic rings. The summed E-state index contributed by atoms with van der Waals surface area (Å²) < 4.78 is 7.17. The van der Waals surface area contributed by atoms with Gasteiger partial charge in [0.1, 0.15) is 5.82 Å². The lowest BCUT2D eigenvalue weighted by Gasteiger charge is -2.50. The van der Waals surface area contributed by atoms with E-state index >= 15 is 0 Å². The summed E-state index contributed by atoms with van der Waals surface area (Å²) in [5.74, 6) is 1.16. The highest BCUT2D eigenvalue weighted by molar-refractivity contribution is 6.39. The fraction of sp³-hybridized carbons (Fsp3) is 0.306. The van der Waals surface area contributed by atoms with Crippen LogP contribution in [0.3, 0.4) is 0 Å². The van der Waals surface area contributed by atoms with Crippen molar-refractivity contribution in [3.63, 3.8) is 0 Å². The molecule has 2 aromatic carbocycles. The molecule has 48 heavy (non-hydrogen) atoms. The molecule has 0 bridgehead atoms. The number of aryl methyl sites for hydroxylation is 3. The molecule has 244 valence electrons. The number of hydrogen-bond donors (Lipinski definition) is 2. The first-order valence-corrected chi connectivity index (χ1v) is 16.7. The molecule has 1 unspecified atom stereocenters. The van der Waals surface area contributed by atoms with Crippen molar-refractivity contribution >= 4 is 51.4 Å². The van der Waals surface area contributed by atoms with Gasteiger partial charge < -0.3 is 15.4 Å². The molecule has 1 spiro atoms. The van der Waals surface area contributed by atoms with Gasteiger partial charge in [0.2, 0.25) is 11.8 Å². The third kappa shape index (κ3) is 5.01. The number of carbonyl (C=O) groups is 1. The Bertz CT molecular complexity index is 2210. The van der Waals surface area contributed by atoms with E-state index in [1.807, 2.05) is 49.4 Å². The molecule has 1 amide bonds. The van der Waals surface area contributed by atoms with Crippen LogP contribution in [0.1, 0.15) is 42.1 Å². The van der Waals surface area contributed by atoms with Crippen molar-refractivity contribution < 1.29 is 9.53 Å². The van der Waals surface area contributed by atoms with E-state index in [2.05, 4.69) is 31.7 Å². The predicted octanol–water partition coefficient (Wildman–Crippen LogP) is 6.38. The van der Waals surface area contributed by atoms with Crippen LogP contribution in [0.2, 0.25) is 10.0 Å². The van der Waals surface area contributed by atoms with Crippen molar-refractivity contribution in [2.45, 2.75) is 44.2 Å². The van der Waals surface area contributed by atoms with E-state index in [0.717, 1.165) is 66.0 Å². The molecule has 2 fully saturated rings. The summed E-state index contributed by atoms with van der Waals surface area (Å²) in [7, 11) is 3.27. The molecule has 1 atom stereocenters. The van der Waals surface area contributed by atoms with Gasteiger partial charge in [-0.25, -0.2) is 14.6 Å². The van der Waals surface area contributed by atoms with Crippen LogP contribution in [-0.4, -0.2) is 56.3 Å². The van der Waals surface area contributed by atoms with E-state index in [1.165, 1.54) is 10.2 Å². The molecule has 2 aliphatic heterocycles. The van der Waals surface area contributed by atoms with Gasteiger partial charge in [0, 0.05) is 65.9 Å². The van der Waals surface area contributed by atoms with Crippen LogP contribution in [0.15, 0.2) is 59.5 Å². The van der Waals surface area contributed by atoms with Crippen LogP contribution >= 0.6 is 23.2 Å². The summed E-state index contributed by atoms with van der Waals surface area (Å²) in [6, 6.07) is 15.6. The minimum absolute atomic E-state index is 0.0819. The van der Waals surface area contributed by atoms with Gasteiger partial charge in [-0.05, 0) is 49.9 Å². The van der Waals surface area contributed by atoms with Gasteiger partial charge in [-0.1, -0.05) is 53.5 Å². The Morgan fingerprint density at radius 3 is 2.50 bits per heavy atom. The average Bonchev–Trinajstić information content (AvgIpc) is 3.66. The number of nitrogens with zero attached hydrogens (tertiary/aromatic N) is 5. The molecule has 5 aromatic rings. The third-order valence-electron chi connectivity index (χ3n) is 9.88. The second-order valence-electron chi connectivity index (χ2n) is 13.0. The van der Waals surface area contributed by atoms with Crippen LogP contribution in [0.4, 0.5) is 11.5 Å². The van der Waals surface area contributed by atoms with Crippen LogP contribution in [0.25, 0.3) is 33.2 Å². The number of hydrogen-bond acceptors (Lipinski definition) is 8. The van der Waals surface area contributed by atoms with Crippen LogP contribution < -0.4 is 20.9 Å². The Kier molecular flexibility index (Phi) is 7.43. The number of methoxy groups -OCH3 is 1. The second-order valence-corrected chi connectivity index (χ2v) is 13.7. The number of carbonyl (C=O) groups excluding carboxylic acids is 1. The number of amides is 1. The van der Waals surface area contributed by atoms with Gasteiger partial charge >= 0.3 is 0 Å². The van der Waals surface area contributed by atoms with Gasteiger partial charge in [-0.15, -0.1) is 0 Å². The Labute approximate surface area is 287 Å². The monoisotopic (exact) mass is 681 g/mol. The zero-order valence-electron chi connectivity index (χ0n) is 26.7. The SMILES string of the molecule is COc1nc(-c2cccc(-c3cccc(Nc4nc(C)cc5cnn(C)c(=O)c45)c3Cl)c2Cl)cc2c1C(N1CC3(CCC(=O)N3)C1)CC2. The van der Waals surface area contributed by atoms with Crippen molar-refractivity contribution in [3.05, 3.63) is 91.9 Å². The van der Waals surface area contributed by atoms with Gasteiger partial charge in [-0.2, -0.15) is 5.10 Å². The highest BCUT2D eigenvalue weighted by Crippen LogP contribution is 2.48. The van der Waals surface area contributed by atoms with Crippen molar-refractivity contribution in [2.24, 2.45) is 7.05 Å². The summed E-state index contributed by atoms with van der Waals surface area (Å²) in [6.07, 6.45) is 5.03. The summed E-state index contributed by atoms with van der Waals surface area (Å²) in [4.78, 5) is 36.9. The van der Waals surface area contributed by atoms with Gasteiger partial charge in [0.15, 0.2) is 0 Å². The van der Waals surface area contributed by atoms with Crippen molar-refractivity contribution in [1.82, 2.24) is 30.0 Å². The maximum Gasteiger partial charge on any atom is 0.278 e. The number of anilines is 2. The van der Waals surface area contributed by atoms with Gasteiger partial charge in [0.25, 0.3) is 5.56 Å². The lowest BCUT2D eigenvalue weighted by Crippen LogP contribution is -2.67. The Balaban J connectivity index is 1.12. The molecular formula is C36H33Cl2N7O3. The summed E-state index contributed by atoms with van der Waals surface area (Å²) in [6.45, 7) is 3.56. The lowest BCUT2D eigenvalue weighted by atomic mass is 9.86. The van der Waals surface area contributed by atoms with E-state index in [9.17, 15) is 9.59 Å². The maximum atomic E-state index is 13.0. The maximum absolute atomic E-state index is 13.0. The highest BCUT2D eigenvalue weighted by atomic mass is 35.5. The smallest absolute Gasteiger partial charge is 0.278 e. The molecule has 2 saturated heterocycles. The standard InChI is InChI=1S/C36H33Cl2N7O3/c1-19-14-21-16-39-44(2)35(47)30(21)33(40-19)41-25-9-5-7-23(32(25)38)22-6-4-8-24(31(22)37)26-15-20-10-11-27(29(20)34(42-26)48-3)45-17-36(18-45)13-12-28(46)43-36/h4-9,14-16,27H,10-13,17-18H2,1-3H3,(H,40,41)(H,43,46). The number of likely N-dealkylation sites (tertiary alicyclic amines) is 1. The van der Waals surface area contributed by atoms with Crippen molar-refractivity contribution in [1.29, 1.82) is 0 Å². The van der Waals surface area contributed by atoms with Crippen LogP contribution in [0.5, 0.6) is 5.88 Å². The Morgan fingerprint density at radius 1 is 1.00 bits per heavy atom. The van der Waals surface area contributed by atoms with Gasteiger partial charge in [-0.3, -0.25) is 14.5 Å². The molecule has 0 radical (unpaired) electrons. The number of pyridine rings is 2. The molecule has 12 heteroatoms. The quantitative estimate of drug-likeness (QED) is 0.212. The van der Waals surface area contributed by atoms with Crippen molar-refractivity contribution in [3.8, 4) is 28.3 Å². The number of ether oxygens (including phenoxy) is 1. The lowest BCUT2D eigenvalue weighted by molar-refractivity contribution is -0.121. The van der Waals surface area contributed by atoms with Gasteiger partial charge in [0.05, 0.1) is 45.7 Å². The minimum Gasteiger partial charge on any atom is -0.481 e. The summed E-state index contributed by atoms with van der Waals surface area (Å²) in [5, 5.41) is 12.7. The molecule has 5 heterocycles. The fourth-order valence-corrected chi connectivity index (χ4v) is 8.18. The molecule has 0 saturated carbocycles. The zero-order valence-corrected chi connectivity index (χ0v) is 28.2. The Hall–Kier alpha value is -4.51. The number of aromatic nitrogens is 4. The first kappa shape index (κ1) is 30.8. The van der Waals surface area contributed by atoms with E-state index in [4.69, 9.17) is 32.9 Å². The molecule has 3 aromatic heterocycles. The normalized spacial score (nSPS) is 18.2. The highest BCUT2D eigenvalue weighted by Gasteiger charge is 2.51. The first-order valence-electron chi connectivity index (χ1n) is 16.0. The van der Waals surface area contributed by atoms with E-state index < -0.39 is 0 Å². The third-order valence-corrected chi connectivity index (χ3v) is 10.7. The van der Waals surface area contributed by atoms with E-state index in [-0.39, 0.29) is 23.0 Å². The van der Waals surface area contributed by atoms with Crippen LogP contribution in [-0.2, 0) is 18.3 Å². The van der Waals surface area contributed by atoms with E-state index in [1.54, 1.807) is 20.4 Å². The second kappa shape index (κ2) is 11.6. The molecular weight excluding hydrogens is 649 g/mol. The fourth-order valence-electron chi connectivity index (χ4n) is 7.58. The molecule has 8 rings (SSSR count). The average molecular weight is 683 g/mol. The summed E-state index contributed by atoms with van der Waals surface area (Å²) >= 11 is 14.2. The zero-order chi connectivity index (χ0) is 33.3. The number of rotatable bonds is 6. The van der Waals surface area contributed by atoms with E-state index in [0.29, 0.717) is 44.6 Å². The minimum atomic E-state index is -0.259. The molecule has 2 N–H and O–H groups in total. The number of halogens is 2.